The molecule has 0 N–H and O–H groups in total. The molecule has 9 heteroatoms. The van der Waals surface area contributed by atoms with Crippen LogP contribution in [0.3, 0.4) is 0 Å². The lowest BCUT2D eigenvalue weighted by Crippen LogP contribution is -2.57. The molecule has 2 saturated heterocycles. The van der Waals surface area contributed by atoms with Gasteiger partial charge in [0, 0.05) is 58.8 Å². The van der Waals surface area contributed by atoms with Gasteiger partial charge < -0.3 is 14.5 Å². The van der Waals surface area contributed by atoms with Crippen molar-refractivity contribution in [2.45, 2.75) is 12.8 Å². The van der Waals surface area contributed by atoms with Crippen molar-refractivity contribution in [3.8, 4) is 5.75 Å². The predicted molar refractivity (Wildman–Crippen MR) is 107 cm³/mol. The molecule has 0 spiro atoms. The van der Waals surface area contributed by atoms with Gasteiger partial charge in [-0.1, -0.05) is 12.1 Å². The van der Waals surface area contributed by atoms with E-state index in [9.17, 15) is 13.2 Å². The molecule has 1 aromatic carbocycles. The second-order valence-electron chi connectivity index (χ2n) is 7.34. The third kappa shape index (κ3) is 5.02. The van der Waals surface area contributed by atoms with Crippen LogP contribution >= 0.6 is 0 Å². The van der Waals surface area contributed by atoms with Crippen LogP contribution in [0, 0.1) is 0 Å². The van der Waals surface area contributed by atoms with E-state index in [4.69, 9.17) is 4.74 Å². The van der Waals surface area contributed by atoms with E-state index in [-0.39, 0.29) is 5.91 Å². The summed E-state index contributed by atoms with van der Waals surface area (Å²) in [4.78, 5) is 16.4. The Kier molecular flexibility index (Phi) is 6.92. The van der Waals surface area contributed by atoms with Crippen LogP contribution in [0.4, 0.5) is 0 Å². The number of hydrogen-bond acceptors (Lipinski definition) is 5. The van der Waals surface area contributed by atoms with Crippen LogP contribution in [0.15, 0.2) is 24.3 Å². The Morgan fingerprint density at radius 3 is 2.00 bits per heavy atom. The number of carbonyl (C=O) groups excluding carboxylic acids is 1. The van der Waals surface area contributed by atoms with E-state index in [2.05, 4.69) is 4.90 Å². The SMILES string of the molecule is COc1ccc(CCC(=O)N2CCN(S(=O)(=O)N3CCN(C)CC3)CC2)cc1. The average Bonchev–Trinajstić information content (AvgIpc) is 2.73. The van der Waals surface area contributed by atoms with Gasteiger partial charge in [-0.15, -0.1) is 0 Å². The number of likely N-dealkylation sites (N-methyl/N-ethyl adjacent to an activating group) is 1. The second kappa shape index (κ2) is 9.21. The molecule has 0 atom stereocenters. The Hall–Kier alpha value is -1.68. The number of hydrogen-bond donors (Lipinski definition) is 0. The fraction of sp³-hybridized carbons (Fsp3) is 0.632. The molecular formula is C19H30N4O4S. The molecule has 0 saturated carbocycles. The first-order valence-electron chi connectivity index (χ1n) is 9.74. The Balaban J connectivity index is 1.46. The van der Waals surface area contributed by atoms with Crippen LogP contribution < -0.4 is 4.74 Å². The minimum Gasteiger partial charge on any atom is -0.497 e. The average molecular weight is 411 g/mol. The molecule has 8 nitrogen and oxygen atoms in total. The topological polar surface area (TPSA) is 73.4 Å². The third-order valence-electron chi connectivity index (χ3n) is 5.49. The maximum atomic E-state index is 12.8. The summed E-state index contributed by atoms with van der Waals surface area (Å²) in [6, 6.07) is 7.71. The van der Waals surface area contributed by atoms with Crippen LogP contribution in [0.25, 0.3) is 0 Å². The third-order valence-corrected chi connectivity index (χ3v) is 7.53. The van der Waals surface area contributed by atoms with Crippen LogP contribution in [-0.4, -0.2) is 99.3 Å². The number of amides is 1. The zero-order valence-electron chi connectivity index (χ0n) is 16.7. The Morgan fingerprint density at radius 2 is 1.46 bits per heavy atom. The Bertz CT molecular complexity index is 753. The van der Waals surface area contributed by atoms with E-state index >= 15 is 0 Å². The number of benzene rings is 1. The number of methoxy groups -OCH3 is 1. The van der Waals surface area contributed by atoms with Crippen molar-refractivity contribution in [1.82, 2.24) is 18.4 Å². The van der Waals surface area contributed by atoms with Crippen LogP contribution in [0.2, 0.25) is 0 Å². The van der Waals surface area contributed by atoms with Gasteiger partial charge in [-0.25, -0.2) is 0 Å². The Morgan fingerprint density at radius 1 is 0.929 bits per heavy atom. The zero-order chi connectivity index (χ0) is 20.1. The van der Waals surface area contributed by atoms with Gasteiger partial charge >= 0.3 is 0 Å². The second-order valence-corrected chi connectivity index (χ2v) is 9.27. The molecule has 2 aliphatic heterocycles. The highest BCUT2D eigenvalue weighted by atomic mass is 32.2. The van der Waals surface area contributed by atoms with E-state index in [1.54, 1.807) is 16.3 Å². The summed E-state index contributed by atoms with van der Waals surface area (Å²) in [5.74, 6) is 0.875. The lowest BCUT2D eigenvalue weighted by Gasteiger charge is -2.39. The maximum absolute atomic E-state index is 12.8. The van der Waals surface area contributed by atoms with Gasteiger partial charge in [-0.3, -0.25) is 4.79 Å². The molecule has 2 fully saturated rings. The van der Waals surface area contributed by atoms with Crippen molar-refractivity contribution < 1.29 is 17.9 Å². The number of nitrogens with zero attached hydrogens (tertiary/aromatic N) is 4. The first kappa shape index (κ1) is 21.0. The monoisotopic (exact) mass is 410 g/mol. The van der Waals surface area contributed by atoms with Gasteiger partial charge in [0.1, 0.15) is 5.75 Å². The van der Waals surface area contributed by atoms with Crippen molar-refractivity contribution >= 4 is 16.1 Å². The van der Waals surface area contributed by atoms with E-state index in [1.807, 2.05) is 31.3 Å². The molecule has 2 heterocycles. The molecule has 0 aromatic heterocycles. The summed E-state index contributed by atoms with van der Waals surface area (Å²) in [7, 11) is 0.198. The zero-order valence-corrected chi connectivity index (χ0v) is 17.5. The van der Waals surface area contributed by atoms with Crippen molar-refractivity contribution in [1.29, 1.82) is 0 Å². The maximum Gasteiger partial charge on any atom is 0.282 e. The van der Waals surface area contributed by atoms with Gasteiger partial charge in [0.05, 0.1) is 7.11 Å². The van der Waals surface area contributed by atoms with Crippen LogP contribution in [0.1, 0.15) is 12.0 Å². The molecule has 28 heavy (non-hydrogen) atoms. The van der Waals surface area contributed by atoms with Gasteiger partial charge in [0.15, 0.2) is 0 Å². The molecule has 0 aliphatic carbocycles. The first-order chi connectivity index (χ1) is 13.4. The number of aryl methyl sites for hydroxylation is 1. The molecule has 3 rings (SSSR count). The summed E-state index contributed by atoms with van der Waals surface area (Å²) >= 11 is 0. The van der Waals surface area contributed by atoms with Crippen molar-refractivity contribution in [2.24, 2.45) is 0 Å². The summed E-state index contributed by atoms with van der Waals surface area (Å²) < 4.78 is 33.8. The molecule has 0 unspecified atom stereocenters. The van der Waals surface area contributed by atoms with Gasteiger partial charge in [0.25, 0.3) is 10.2 Å². The lowest BCUT2D eigenvalue weighted by atomic mass is 10.1. The fourth-order valence-electron chi connectivity index (χ4n) is 3.55. The largest absolute Gasteiger partial charge is 0.497 e. The molecule has 0 radical (unpaired) electrons. The summed E-state index contributed by atoms with van der Waals surface area (Å²) in [5, 5.41) is 0. The molecule has 2 aliphatic rings. The highest BCUT2D eigenvalue weighted by molar-refractivity contribution is 7.86. The molecule has 156 valence electrons. The smallest absolute Gasteiger partial charge is 0.282 e. The molecular weight excluding hydrogens is 380 g/mol. The fourth-order valence-corrected chi connectivity index (χ4v) is 5.13. The lowest BCUT2D eigenvalue weighted by molar-refractivity contribution is -0.132. The summed E-state index contributed by atoms with van der Waals surface area (Å²) in [6.45, 7) is 4.19. The van der Waals surface area contributed by atoms with E-state index in [0.717, 1.165) is 24.4 Å². The van der Waals surface area contributed by atoms with E-state index in [1.165, 1.54) is 4.31 Å². The first-order valence-corrected chi connectivity index (χ1v) is 11.1. The van der Waals surface area contributed by atoms with Gasteiger partial charge in [-0.2, -0.15) is 17.0 Å². The number of ether oxygens (including phenoxy) is 1. The number of piperazine rings is 2. The quantitative estimate of drug-likeness (QED) is 0.673. The highest BCUT2D eigenvalue weighted by Gasteiger charge is 2.34. The Labute approximate surface area is 167 Å². The van der Waals surface area contributed by atoms with Gasteiger partial charge in [-0.05, 0) is 31.2 Å². The van der Waals surface area contributed by atoms with E-state index in [0.29, 0.717) is 52.1 Å². The van der Waals surface area contributed by atoms with Crippen molar-refractivity contribution in [2.75, 3.05) is 66.5 Å². The summed E-state index contributed by atoms with van der Waals surface area (Å²) in [5.41, 5.74) is 1.09. The van der Waals surface area contributed by atoms with Crippen molar-refractivity contribution in [3.63, 3.8) is 0 Å². The minimum atomic E-state index is -3.43. The highest BCUT2D eigenvalue weighted by Crippen LogP contribution is 2.16. The normalized spacial score (nSPS) is 20.3. The molecule has 0 bridgehead atoms. The number of rotatable bonds is 6. The standard InChI is InChI=1S/C19H30N4O4S/c1-20-9-13-22(14-10-20)28(25,26)23-15-11-21(12-16-23)19(24)8-5-17-3-6-18(27-2)7-4-17/h3-4,6-7H,5,8-16H2,1-2H3. The number of carbonyl (C=O) groups is 1. The van der Waals surface area contributed by atoms with Gasteiger partial charge in [0.2, 0.25) is 5.91 Å². The van der Waals surface area contributed by atoms with Crippen LogP contribution in [0.5, 0.6) is 5.75 Å². The molecule has 1 amide bonds. The summed E-state index contributed by atoms with van der Waals surface area (Å²) in [6.07, 6.45) is 1.10. The minimum absolute atomic E-state index is 0.0764. The predicted octanol–water partition coefficient (Wildman–Crippen LogP) is 0.264. The van der Waals surface area contributed by atoms with Crippen LogP contribution in [-0.2, 0) is 21.4 Å². The molecule has 1 aromatic rings. The van der Waals surface area contributed by atoms with Crippen molar-refractivity contribution in [3.05, 3.63) is 29.8 Å². The van der Waals surface area contributed by atoms with E-state index < -0.39 is 10.2 Å².